The van der Waals surface area contributed by atoms with Gasteiger partial charge in [-0.2, -0.15) is 10.2 Å². The maximum Gasteiger partial charge on any atom is 0.228 e. The van der Waals surface area contributed by atoms with E-state index >= 15 is 0 Å². The Morgan fingerprint density at radius 1 is 1.18 bits per heavy atom. The Bertz CT molecular complexity index is 1020. The Morgan fingerprint density at radius 2 is 1.93 bits per heavy atom. The number of ether oxygens (including phenoxy) is 1. The molecule has 0 atom stereocenters. The molecule has 1 aliphatic heterocycles. The minimum absolute atomic E-state index is 0.203. The Balaban J connectivity index is 1.77. The number of morpholine rings is 1. The van der Waals surface area contributed by atoms with Crippen LogP contribution < -0.4 is 16.0 Å². The first-order valence-electron chi connectivity index (χ1n) is 8.56. The van der Waals surface area contributed by atoms with Crippen LogP contribution in [0.1, 0.15) is 10.4 Å². The van der Waals surface area contributed by atoms with E-state index in [1.165, 1.54) is 17.5 Å². The van der Waals surface area contributed by atoms with Crippen LogP contribution in [0.15, 0.2) is 18.6 Å². The third kappa shape index (κ3) is 3.68. The third-order valence-corrected chi connectivity index (χ3v) is 5.03. The summed E-state index contributed by atoms with van der Waals surface area (Å²) in [4.78, 5) is 24.4. The minimum atomic E-state index is 0.203. The first-order chi connectivity index (χ1) is 13.6. The molecule has 3 N–H and O–H groups in total. The molecule has 11 heteroatoms. The number of hydrogen-bond donors (Lipinski definition) is 2. The summed E-state index contributed by atoms with van der Waals surface area (Å²) in [5.74, 6) is 1.40. The molecular weight excluding hydrogens is 378 g/mol. The fourth-order valence-electron chi connectivity index (χ4n) is 2.76. The average molecular weight is 395 g/mol. The lowest BCUT2D eigenvalue weighted by Crippen LogP contribution is -2.37. The Labute approximate surface area is 165 Å². The van der Waals surface area contributed by atoms with Gasteiger partial charge in [-0.3, -0.25) is 0 Å². The van der Waals surface area contributed by atoms with E-state index < -0.39 is 0 Å². The molecule has 0 radical (unpaired) electrons. The second-order valence-electron chi connectivity index (χ2n) is 6.04. The van der Waals surface area contributed by atoms with Crippen molar-refractivity contribution in [1.82, 2.24) is 24.9 Å². The quantitative estimate of drug-likeness (QED) is 0.671. The zero-order chi connectivity index (χ0) is 19.5. The van der Waals surface area contributed by atoms with Crippen molar-refractivity contribution < 1.29 is 4.74 Å². The molecule has 4 heterocycles. The van der Waals surface area contributed by atoms with Gasteiger partial charge in [0.15, 0.2) is 5.13 Å². The molecule has 1 aliphatic rings. The number of nitrogens with two attached hydrogens (primary N) is 1. The SMILES string of the molecule is Cc1c(Nc2ncc(C#N)s2)nc(N2CCOCC2)nc1-c1cnc(N)nc1. The van der Waals surface area contributed by atoms with Crippen molar-refractivity contribution in [2.24, 2.45) is 0 Å². The minimum Gasteiger partial charge on any atom is -0.378 e. The summed E-state index contributed by atoms with van der Waals surface area (Å²) in [6, 6.07) is 2.09. The van der Waals surface area contributed by atoms with Gasteiger partial charge in [-0.05, 0) is 6.92 Å². The second kappa shape index (κ2) is 7.71. The molecule has 0 bridgehead atoms. The van der Waals surface area contributed by atoms with Gasteiger partial charge in [0.1, 0.15) is 16.8 Å². The van der Waals surface area contributed by atoms with E-state index in [4.69, 9.17) is 25.7 Å². The highest BCUT2D eigenvalue weighted by molar-refractivity contribution is 7.16. The largest absolute Gasteiger partial charge is 0.378 e. The summed E-state index contributed by atoms with van der Waals surface area (Å²) in [5, 5.41) is 12.8. The molecule has 3 aromatic heterocycles. The van der Waals surface area contributed by atoms with Crippen LogP contribution >= 0.6 is 11.3 Å². The smallest absolute Gasteiger partial charge is 0.228 e. The summed E-state index contributed by atoms with van der Waals surface area (Å²) in [7, 11) is 0. The number of aromatic nitrogens is 5. The van der Waals surface area contributed by atoms with Crippen molar-refractivity contribution in [2.75, 3.05) is 42.3 Å². The van der Waals surface area contributed by atoms with E-state index in [2.05, 4.69) is 31.2 Å². The maximum atomic E-state index is 9.03. The summed E-state index contributed by atoms with van der Waals surface area (Å²) < 4.78 is 5.43. The van der Waals surface area contributed by atoms with Gasteiger partial charge in [-0.15, -0.1) is 0 Å². The average Bonchev–Trinajstić information content (AvgIpc) is 3.18. The molecule has 1 fully saturated rings. The van der Waals surface area contributed by atoms with E-state index in [1.807, 2.05) is 6.92 Å². The number of thiazole rings is 1. The number of hydrogen-bond acceptors (Lipinski definition) is 11. The molecule has 4 rings (SSSR count). The summed E-state index contributed by atoms with van der Waals surface area (Å²) >= 11 is 1.26. The Kier molecular flexibility index (Phi) is 4.96. The van der Waals surface area contributed by atoms with Crippen molar-refractivity contribution in [3.05, 3.63) is 29.0 Å². The number of nitrogen functional groups attached to an aromatic ring is 1. The van der Waals surface area contributed by atoms with Crippen molar-refractivity contribution in [1.29, 1.82) is 5.26 Å². The van der Waals surface area contributed by atoms with Crippen LogP contribution in [-0.2, 0) is 4.74 Å². The molecule has 10 nitrogen and oxygen atoms in total. The van der Waals surface area contributed by atoms with Gasteiger partial charge in [-0.25, -0.2) is 19.9 Å². The molecular formula is C17H17N9OS. The molecule has 142 valence electrons. The van der Waals surface area contributed by atoms with Gasteiger partial charge >= 0.3 is 0 Å². The van der Waals surface area contributed by atoms with Gasteiger partial charge in [0, 0.05) is 36.6 Å². The van der Waals surface area contributed by atoms with Gasteiger partial charge < -0.3 is 20.7 Å². The lowest BCUT2D eigenvalue weighted by molar-refractivity contribution is 0.122. The molecule has 0 aliphatic carbocycles. The second-order valence-corrected chi connectivity index (χ2v) is 7.07. The topological polar surface area (TPSA) is 139 Å². The molecule has 0 amide bonds. The molecule has 0 unspecified atom stereocenters. The number of nitriles is 1. The van der Waals surface area contributed by atoms with Gasteiger partial charge in [-0.1, -0.05) is 11.3 Å². The first-order valence-corrected chi connectivity index (χ1v) is 9.38. The first kappa shape index (κ1) is 18.0. The van der Waals surface area contributed by atoms with Crippen LogP contribution in [0.2, 0.25) is 0 Å². The molecule has 0 saturated carbocycles. The number of rotatable bonds is 4. The monoisotopic (exact) mass is 395 g/mol. The van der Waals surface area contributed by atoms with Gasteiger partial charge in [0.25, 0.3) is 0 Å². The Morgan fingerprint density at radius 3 is 2.61 bits per heavy atom. The van der Waals surface area contributed by atoms with Crippen LogP contribution in [0, 0.1) is 18.3 Å². The number of nitrogens with one attached hydrogen (secondary N) is 1. The van der Waals surface area contributed by atoms with Crippen LogP contribution in [0.3, 0.4) is 0 Å². The maximum absolute atomic E-state index is 9.03. The van der Waals surface area contributed by atoms with Gasteiger partial charge in [0.2, 0.25) is 11.9 Å². The number of nitrogens with zero attached hydrogens (tertiary/aromatic N) is 7. The van der Waals surface area contributed by atoms with Crippen LogP contribution in [0.5, 0.6) is 0 Å². The van der Waals surface area contributed by atoms with Crippen LogP contribution in [0.25, 0.3) is 11.3 Å². The Hall–Kier alpha value is -3.36. The third-order valence-electron chi connectivity index (χ3n) is 4.21. The summed E-state index contributed by atoms with van der Waals surface area (Å²) in [6.07, 6.45) is 4.81. The molecule has 1 saturated heterocycles. The van der Waals surface area contributed by atoms with Crippen molar-refractivity contribution in [2.45, 2.75) is 6.92 Å². The summed E-state index contributed by atoms with van der Waals surface area (Å²) in [5.41, 5.74) is 7.88. The van der Waals surface area contributed by atoms with Crippen LogP contribution in [-0.4, -0.2) is 51.2 Å². The van der Waals surface area contributed by atoms with E-state index in [1.54, 1.807) is 12.4 Å². The zero-order valence-electron chi connectivity index (χ0n) is 15.1. The lowest BCUT2D eigenvalue weighted by Gasteiger charge is -2.27. The normalized spacial score (nSPS) is 13.9. The lowest BCUT2D eigenvalue weighted by atomic mass is 10.1. The number of anilines is 4. The molecule has 0 spiro atoms. The van der Waals surface area contributed by atoms with E-state index in [-0.39, 0.29) is 5.95 Å². The highest BCUT2D eigenvalue weighted by Gasteiger charge is 2.20. The predicted molar refractivity (Wildman–Crippen MR) is 105 cm³/mol. The van der Waals surface area contributed by atoms with E-state index in [9.17, 15) is 0 Å². The molecule has 3 aromatic rings. The standard InChI is InChI=1S/C17H17N9OS/c1-10-13(11-7-20-15(19)21-8-11)23-16(26-2-4-27-5-3-26)24-14(10)25-17-22-9-12(6-18)28-17/h7-9H,2-5H2,1H3,(H2,19,20,21)(H,22,23,24,25). The zero-order valence-corrected chi connectivity index (χ0v) is 15.9. The van der Waals surface area contributed by atoms with E-state index in [0.29, 0.717) is 53.8 Å². The molecule has 28 heavy (non-hydrogen) atoms. The summed E-state index contributed by atoms with van der Waals surface area (Å²) in [6.45, 7) is 4.57. The van der Waals surface area contributed by atoms with E-state index in [0.717, 1.165) is 11.1 Å². The fourth-order valence-corrected chi connectivity index (χ4v) is 3.37. The highest BCUT2D eigenvalue weighted by atomic mass is 32.1. The van der Waals surface area contributed by atoms with Crippen molar-refractivity contribution in [3.8, 4) is 17.3 Å². The van der Waals surface area contributed by atoms with Crippen LogP contribution in [0.4, 0.5) is 22.8 Å². The van der Waals surface area contributed by atoms with Crippen molar-refractivity contribution in [3.63, 3.8) is 0 Å². The van der Waals surface area contributed by atoms with Crippen molar-refractivity contribution >= 4 is 34.2 Å². The van der Waals surface area contributed by atoms with Gasteiger partial charge in [0.05, 0.1) is 25.1 Å². The highest BCUT2D eigenvalue weighted by Crippen LogP contribution is 2.31. The predicted octanol–water partition coefficient (Wildman–Crippen LogP) is 1.73. The molecule has 0 aromatic carbocycles. The fraction of sp³-hybridized carbons (Fsp3) is 0.294.